The molecule has 0 bridgehead atoms. The van der Waals surface area contributed by atoms with Gasteiger partial charge in [-0.1, -0.05) is 6.07 Å². The van der Waals surface area contributed by atoms with E-state index in [0.29, 0.717) is 6.42 Å². The van der Waals surface area contributed by atoms with Crippen LogP contribution in [0.3, 0.4) is 0 Å². The fraction of sp³-hybridized carbons (Fsp3) is 0.500. The Hall–Kier alpha value is -1.71. The number of carboxylic acids is 1. The fourth-order valence-corrected chi connectivity index (χ4v) is 2.12. The van der Waals surface area contributed by atoms with Crippen molar-refractivity contribution in [1.82, 2.24) is 0 Å². The molecule has 0 aliphatic rings. The molecule has 0 aliphatic heterocycles. The molecule has 0 amide bonds. The van der Waals surface area contributed by atoms with E-state index in [1.165, 1.54) is 0 Å². The van der Waals surface area contributed by atoms with Crippen molar-refractivity contribution in [2.24, 2.45) is 0 Å². The van der Waals surface area contributed by atoms with Crippen LogP contribution in [-0.4, -0.2) is 25.3 Å². The molecule has 0 heterocycles. The van der Waals surface area contributed by atoms with Crippen molar-refractivity contribution in [3.05, 3.63) is 22.8 Å². The van der Waals surface area contributed by atoms with Crippen LogP contribution >= 0.6 is 0 Å². The van der Waals surface area contributed by atoms with Crippen LogP contribution < -0.4 is 9.47 Å². The second kappa shape index (κ2) is 6.28. The highest BCUT2D eigenvalue weighted by molar-refractivity contribution is 5.66. The molecule has 0 saturated heterocycles. The van der Waals surface area contributed by atoms with Crippen LogP contribution in [0.5, 0.6) is 11.5 Å². The first kappa shape index (κ1) is 14.4. The molecule has 100 valence electrons. The number of carboxylic acid groups (broad SMARTS) is 1. The number of carbonyl (C=O) groups is 1. The van der Waals surface area contributed by atoms with E-state index in [2.05, 4.69) is 0 Å². The quantitative estimate of drug-likeness (QED) is 0.845. The summed E-state index contributed by atoms with van der Waals surface area (Å²) in [6, 6.07) is 2.04. The van der Waals surface area contributed by atoms with E-state index in [0.717, 1.165) is 34.6 Å². The van der Waals surface area contributed by atoms with E-state index < -0.39 is 5.97 Å². The first-order chi connectivity index (χ1) is 8.51. The maximum Gasteiger partial charge on any atom is 0.303 e. The predicted molar refractivity (Wildman–Crippen MR) is 69.6 cm³/mol. The minimum atomic E-state index is -0.759. The van der Waals surface area contributed by atoms with Crippen molar-refractivity contribution in [2.75, 3.05) is 14.2 Å². The van der Waals surface area contributed by atoms with Crippen molar-refractivity contribution < 1.29 is 19.4 Å². The lowest BCUT2D eigenvalue weighted by molar-refractivity contribution is -0.137. The molecule has 4 heteroatoms. The zero-order valence-electron chi connectivity index (χ0n) is 11.4. The zero-order chi connectivity index (χ0) is 13.7. The topological polar surface area (TPSA) is 55.8 Å². The average Bonchev–Trinajstić information content (AvgIpc) is 2.32. The highest BCUT2D eigenvalue weighted by Gasteiger charge is 2.14. The highest BCUT2D eigenvalue weighted by atomic mass is 16.5. The summed E-state index contributed by atoms with van der Waals surface area (Å²) in [6.07, 6.45) is 1.55. The van der Waals surface area contributed by atoms with Gasteiger partial charge in [0.05, 0.1) is 14.2 Å². The Morgan fingerprint density at radius 2 is 1.83 bits per heavy atom. The van der Waals surface area contributed by atoms with Gasteiger partial charge in [0, 0.05) is 6.42 Å². The fourth-order valence-electron chi connectivity index (χ4n) is 2.12. The van der Waals surface area contributed by atoms with Gasteiger partial charge in [-0.05, 0) is 43.4 Å². The maximum absolute atomic E-state index is 10.5. The molecule has 1 aromatic carbocycles. The van der Waals surface area contributed by atoms with Gasteiger partial charge >= 0.3 is 5.97 Å². The van der Waals surface area contributed by atoms with Crippen LogP contribution in [-0.2, 0) is 11.2 Å². The van der Waals surface area contributed by atoms with Crippen molar-refractivity contribution in [3.63, 3.8) is 0 Å². The molecule has 0 atom stereocenters. The van der Waals surface area contributed by atoms with Crippen LogP contribution in [0.4, 0.5) is 0 Å². The first-order valence-corrected chi connectivity index (χ1v) is 5.94. The van der Waals surface area contributed by atoms with Crippen molar-refractivity contribution in [2.45, 2.75) is 33.1 Å². The third-order valence-electron chi connectivity index (χ3n) is 3.02. The lowest BCUT2D eigenvalue weighted by atomic mass is 9.98. The van der Waals surface area contributed by atoms with Crippen LogP contribution in [0.2, 0.25) is 0 Å². The van der Waals surface area contributed by atoms with Gasteiger partial charge in [0.2, 0.25) is 0 Å². The van der Waals surface area contributed by atoms with Crippen molar-refractivity contribution in [3.8, 4) is 11.5 Å². The van der Waals surface area contributed by atoms with Gasteiger partial charge in [0.1, 0.15) is 0 Å². The Balaban J connectivity index is 2.99. The normalized spacial score (nSPS) is 10.2. The molecule has 0 aliphatic carbocycles. The Bertz CT molecular complexity index is 438. The number of aryl methyl sites for hydroxylation is 2. The van der Waals surface area contributed by atoms with E-state index in [4.69, 9.17) is 14.6 Å². The Morgan fingerprint density at radius 3 is 2.33 bits per heavy atom. The van der Waals surface area contributed by atoms with Gasteiger partial charge in [-0.2, -0.15) is 0 Å². The van der Waals surface area contributed by atoms with Crippen LogP contribution in [0.1, 0.15) is 29.5 Å². The minimum absolute atomic E-state index is 0.187. The number of aliphatic carboxylic acids is 1. The van der Waals surface area contributed by atoms with Gasteiger partial charge < -0.3 is 14.6 Å². The highest BCUT2D eigenvalue weighted by Crippen LogP contribution is 2.36. The smallest absolute Gasteiger partial charge is 0.303 e. The third-order valence-corrected chi connectivity index (χ3v) is 3.02. The van der Waals surface area contributed by atoms with Gasteiger partial charge in [0.15, 0.2) is 11.5 Å². The first-order valence-electron chi connectivity index (χ1n) is 5.94. The number of benzene rings is 1. The van der Waals surface area contributed by atoms with Crippen molar-refractivity contribution >= 4 is 5.97 Å². The summed E-state index contributed by atoms with van der Waals surface area (Å²) >= 11 is 0. The largest absolute Gasteiger partial charge is 0.493 e. The standard InChI is InChI=1S/C14H20O4/c1-9-8-11(6-5-7-12(15)16)10(2)14(18-4)13(9)17-3/h8H,5-7H2,1-4H3,(H,15,16). The molecule has 1 N–H and O–H groups in total. The minimum Gasteiger partial charge on any atom is -0.493 e. The SMILES string of the molecule is COc1c(C)cc(CCCC(=O)O)c(C)c1OC. The second-order valence-corrected chi connectivity index (χ2v) is 4.29. The van der Waals surface area contributed by atoms with Crippen LogP contribution in [0, 0.1) is 13.8 Å². The summed E-state index contributed by atoms with van der Waals surface area (Å²) in [6.45, 7) is 3.93. The van der Waals surface area contributed by atoms with Gasteiger partial charge in [-0.3, -0.25) is 4.79 Å². The second-order valence-electron chi connectivity index (χ2n) is 4.29. The van der Waals surface area contributed by atoms with E-state index in [9.17, 15) is 4.79 Å². The predicted octanol–water partition coefficient (Wildman–Crippen LogP) is 2.73. The van der Waals surface area contributed by atoms with Crippen LogP contribution in [0.15, 0.2) is 6.07 Å². The molecule has 18 heavy (non-hydrogen) atoms. The summed E-state index contributed by atoms with van der Waals surface area (Å²) in [5.41, 5.74) is 3.14. The molecule has 0 spiro atoms. The number of ether oxygens (including phenoxy) is 2. The van der Waals surface area contributed by atoms with E-state index in [1.807, 2.05) is 19.9 Å². The summed E-state index contributed by atoms with van der Waals surface area (Å²) < 4.78 is 10.7. The molecule has 0 fully saturated rings. The van der Waals surface area contributed by atoms with Gasteiger partial charge in [-0.25, -0.2) is 0 Å². The zero-order valence-corrected chi connectivity index (χ0v) is 11.4. The average molecular weight is 252 g/mol. The summed E-state index contributed by atoms with van der Waals surface area (Å²) in [7, 11) is 3.24. The van der Waals surface area contributed by atoms with E-state index in [1.54, 1.807) is 14.2 Å². The number of rotatable bonds is 6. The van der Waals surface area contributed by atoms with E-state index in [-0.39, 0.29) is 6.42 Å². The number of methoxy groups -OCH3 is 2. The van der Waals surface area contributed by atoms with Crippen LogP contribution in [0.25, 0.3) is 0 Å². The molecule has 0 aromatic heterocycles. The molecule has 0 saturated carbocycles. The summed E-state index contributed by atoms with van der Waals surface area (Å²) in [5, 5.41) is 8.65. The lowest BCUT2D eigenvalue weighted by Crippen LogP contribution is -2.02. The molecule has 1 rings (SSSR count). The monoisotopic (exact) mass is 252 g/mol. The molecule has 1 aromatic rings. The molecular weight excluding hydrogens is 232 g/mol. The van der Waals surface area contributed by atoms with Crippen molar-refractivity contribution in [1.29, 1.82) is 0 Å². The molecular formula is C14H20O4. The Morgan fingerprint density at radius 1 is 1.22 bits per heavy atom. The molecule has 0 unspecified atom stereocenters. The van der Waals surface area contributed by atoms with Gasteiger partial charge in [-0.15, -0.1) is 0 Å². The molecule has 4 nitrogen and oxygen atoms in total. The number of hydrogen-bond donors (Lipinski definition) is 1. The summed E-state index contributed by atoms with van der Waals surface area (Å²) in [4.78, 5) is 10.5. The van der Waals surface area contributed by atoms with Gasteiger partial charge in [0.25, 0.3) is 0 Å². The summed E-state index contributed by atoms with van der Waals surface area (Å²) in [5.74, 6) is 0.727. The lowest BCUT2D eigenvalue weighted by Gasteiger charge is -2.16. The Kier molecular flexibility index (Phi) is 5.01. The van der Waals surface area contributed by atoms with E-state index >= 15 is 0 Å². The maximum atomic E-state index is 10.5. The molecule has 0 radical (unpaired) electrons. The Labute approximate surface area is 108 Å². The third kappa shape index (κ3) is 3.15. The number of hydrogen-bond acceptors (Lipinski definition) is 3.